The lowest BCUT2D eigenvalue weighted by molar-refractivity contribution is 0.174. The Labute approximate surface area is 121 Å². The molecule has 2 aromatic rings. The third-order valence-corrected chi connectivity index (χ3v) is 3.26. The fourth-order valence-electron chi connectivity index (χ4n) is 2.27. The number of nitrogen functional groups attached to an aromatic ring is 1. The van der Waals surface area contributed by atoms with E-state index >= 15 is 0 Å². The maximum Gasteiger partial charge on any atom is 0.231 e. The quantitative estimate of drug-likeness (QED) is 0.786. The summed E-state index contributed by atoms with van der Waals surface area (Å²) >= 11 is 0. The second-order valence-corrected chi connectivity index (χ2v) is 4.77. The topological polar surface area (TPSA) is 78.1 Å². The molecule has 0 amide bonds. The maximum absolute atomic E-state index is 5.72. The van der Waals surface area contributed by atoms with Crippen LogP contribution in [0.5, 0.6) is 17.2 Å². The smallest absolute Gasteiger partial charge is 0.231 e. The van der Waals surface area contributed by atoms with E-state index < -0.39 is 0 Å². The van der Waals surface area contributed by atoms with Gasteiger partial charge in [0.05, 0.1) is 0 Å². The third-order valence-electron chi connectivity index (χ3n) is 3.26. The number of aliphatic imine (C=N–C) groups is 1. The lowest BCUT2D eigenvalue weighted by Gasteiger charge is -2.18. The molecule has 2 aromatic carbocycles. The maximum atomic E-state index is 5.72. The van der Waals surface area contributed by atoms with Crippen molar-refractivity contribution in [3.8, 4) is 17.2 Å². The van der Waals surface area contributed by atoms with Gasteiger partial charge in [-0.2, -0.15) is 0 Å². The second-order valence-electron chi connectivity index (χ2n) is 4.77. The largest absolute Gasteiger partial charge is 0.483 e. The molecule has 2 heterocycles. The molecule has 0 spiro atoms. The van der Waals surface area contributed by atoms with E-state index in [2.05, 4.69) is 10.3 Å². The minimum absolute atomic E-state index is 0.262. The molecule has 0 atom stereocenters. The highest BCUT2D eigenvalue weighted by molar-refractivity contribution is 5.99. The van der Waals surface area contributed by atoms with Gasteiger partial charge in [0.2, 0.25) is 6.79 Å². The minimum atomic E-state index is 0.262. The van der Waals surface area contributed by atoms with E-state index in [0.29, 0.717) is 18.0 Å². The van der Waals surface area contributed by atoms with Crippen LogP contribution in [0.3, 0.4) is 0 Å². The fraction of sp³-hybridized carbons (Fsp3) is 0.133. The molecule has 2 aliphatic rings. The summed E-state index contributed by atoms with van der Waals surface area (Å²) in [5.74, 6) is 2.91. The number of hydrogen-bond donors (Lipinski definition) is 2. The fourth-order valence-corrected chi connectivity index (χ4v) is 2.27. The van der Waals surface area contributed by atoms with Crippen LogP contribution < -0.4 is 25.3 Å². The number of hydrogen-bond acceptors (Lipinski definition) is 6. The third kappa shape index (κ3) is 2.20. The molecule has 0 bridgehead atoms. The Kier molecular flexibility index (Phi) is 2.60. The number of rotatable bonds is 1. The molecule has 0 fully saturated rings. The van der Waals surface area contributed by atoms with Gasteiger partial charge < -0.3 is 25.3 Å². The first-order valence-electron chi connectivity index (χ1n) is 6.54. The highest BCUT2D eigenvalue weighted by Crippen LogP contribution is 2.35. The van der Waals surface area contributed by atoms with Crippen LogP contribution in [-0.2, 0) is 0 Å². The van der Waals surface area contributed by atoms with Crippen molar-refractivity contribution in [1.82, 2.24) is 0 Å². The summed E-state index contributed by atoms with van der Waals surface area (Å²) < 4.78 is 16.3. The number of ether oxygens (including phenoxy) is 3. The summed E-state index contributed by atoms with van der Waals surface area (Å²) in [7, 11) is 0. The van der Waals surface area contributed by atoms with Gasteiger partial charge in [-0.05, 0) is 24.3 Å². The number of benzene rings is 2. The molecule has 21 heavy (non-hydrogen) atoms. The van der Waals surface area contributed by atoms with Crippen LogP contribution in [-0.4, -0.2) is 19.2 Å². The van der Waals surface area contributed by atoms with E-state index in [1.807, 2.05) is 24.3 Å². The Bertz CT molecular complexity index is 743. The van der Waals surface area contributed by atoms with Crippen molar-refractivity contribution in [2.45, 2.75) is 0 Å². The molecule has 6 nitrogen and oxygen atoms in total. The first-order valence-corrected chi connectivity index (χ1v) is 6.54. The van der Waals surface area contributed by atoms with E-state index in [-0.39, 0.29) is 6.79 Å². The van der Waals surface area contributed by atoms with Crippen LogP contribution in [0, 0.1) is 0 Å². The normalized spacial score (nSPS) is 15.0. The molecular formula is C15H13N3O3. The summed E-state index contributed by atoms with van der Waals surface area (Å²) in [4.78, 5) is 4.53. The molecule has 0 aromatic heterocycles. The summed E-state index contributed by atoms with van der Waals surface area (Å²) in [6.07, 6.45) is 0. The molecule has 4 rings (SSSR count). The van der Waals surface area contributed by atoms with Crippen molar-refractivity contribution in [2.75, 3.05) is 24.5 Å². The lowest BCUT2D eigenvalue weighted by Crippen LogP contribution is -2.23. The first-order chi connectivity index (χ1) is 10.3. The van der Waals surface area contributed by atoms with E-state index in [4.69, 9.17) is 19.9 Å². The number of nitrogens with zero attached hydrogens (tertiary/aromatic N) is 1. The summed E-state index contributed by atoms with van der Waals surface area (Å²) in [5.41, 5.74) is 8.02. The van der Waals surface area contributed by atoms with Crippen molar-refractivity contribution in [2.24, 2.45) is 4.99 Å². The molecule has 0 unspecified atom stereocenters. The molecular weight excluding hydrogens is 270 g/mol. The van der Waals surface area contributed by atoms with Crippen LogP contribution in [0.15, 0.2) is 41.4 Å². The van der Waals surface area contributed by atoms with Crippen molar-refractivity contribution in [1.29, 1.82) is 0 Å². The van der Waals surface area contributed by atoms with Crippen molar-refractivity contribution in [3.05, 3.63) is 36.4 Å². The number of anilines is 2. The molecule has 2 aliphatic heterocycles. The molecule has 0 aliphatic carbocycles. The van der Waals surface area contributed by atoms with Crippen LogP contribution in [0.25, 0.3) is 0 Å². The lowest BCUT2D eigenvalue weighted by atomic mass is 10.2. The zero-order valence-electron chi connectivity index (χ0n) is 11.1. The van der Waals surface area contributed by atoms with Crippen molar-refractivity contribution >= 4 is 22.9 Å². The molecule has 0 saturated heterocycles. The number of nitrogens with two attached hydrogens (primary N) is 1. The van der Waals surface area contributed by atoms with E-state index in [9.17, 15) is 0 Å². The molecule has 6 heteroatoms. The Morgan fingerprint density at radius 3 is 2.81 bits per heavy atom. The van der Waals surface area contributed by atoms with Gasteiger partial charge in [0.15, 0.2) is 11.5 Å². The van der Waals surface area contributed by atoms with Crippen molar-refractivity contribution < 1.29 is 14.2 Å². The Hall–Kier alpha value is -2.89. The Morgan fingerprint density at radius 2 is 1.86 bits per heavy atom. The molecule has 0 saturated carbocycles. The first kappa shape index (κ1) is 11.9. The summed E-state index contributed by atoms with van der Waals surface area (Å²) in [5, 5.41) is 3.22. The minimum Gasteiger partial charge on any atom is -0.483 e. The second kappa shape index (κ2) is 4.59. The molecule has 106 valence electrons. The highest BCUT2D eigenvalue weighted by atomic mass is 16.7. The van der Waals surface area contributed by atoms with Gasteiger partial charge in [-0.15, -0.1) is 0 Å². The van der Waals surface area contributed by atoms with Gasteiger partial charge in [0.1, 0.15) is 23.9 Å². The van der Waals surface area contributed by atoms with E-state index in [1.165, 1.54) is 0 Å². The Morgan fingerprint density at radius 1 is 0.952 bits per heavy atom. The number of fused-ring (bicyclic) bond motifs is 2. The van der Waals surface area contributed by atoms with Gasteiger partial charge in [-0.3, -0.25) is 0 Å². The zero-order valence-corrected chi connectivity index (χ0v) is 11.1. The summed E-state index contributed by atoms with van der Waals surface area (Å²) in [6, 6.07) is 11.1. The van der Waals surface area contributed by atoms with E-state index in [0.717, 1.165) is 28.7 Å². The van der Waals surface area contributed by atoms with Crippen LogP contribution in [0.1, 0.15) is 0 Å². The van der Waals surface area contributed by atoms with Gasteiger partial charge in [0.25, 0.3) is 0 Å². The zero-order chi connectivity index (χ0) is 14.2. The SMILES string of the molecule is Nc1ccc2c(c1)OCC(Nc1ccc3c(c1)OCO3)=N2. The van der Waals surface area contributed by atoms with Gasteiger partial charge in [-0.1, -0.05) is 0 Å². The summed E-state index contributed by atoms with van der Waals surface area (Å²) in [6.45, 7) is 0.628. The predicted molar refractivity (Wildman–Crippen MR) is 79.6 cm³/mol. The monoisotopic (exact) mass is 283 g/mol. The molecule has 0 radical (unpaired) electrons. The van der Waals surface area contributed by atoms with Crippen LogP contribution >= 0.6 is 0 Å². The average molecular weight is 283 g/mol. The van der Waals surface area contributed by atoms with Gasteiger partial charge in [0, 0.05) is 23.5 Å². The average Bonchev–Trinajstić information content (AvgIpc) is 2.95. The van der Waals surface area contributed by atoms with Gasteiger partial charge >= 0.3 is 0 Å². The van der Waals surface area contributed by atoms with Crippen LogP contribution in [0.2, 0.25) is 0 Å². The molecule has 3 N–H and O–H groups in total. The van der Waals surface area contributed by atoms with Crippen LogP contribution in [0.4, 0.5) is 17.1 Å². The standard InChI is InChI=1S/C15H13N3O3/c16-9-1-3-11-13(5-9)19-7-15(18-11)17-10-2-4-12-14(6-10)21-8-20-12/h1-6H,7-8,16H2,(H,17,18). The van der Waals surface area contributed by atoms with Crippen molar-refractivity contribution in [3.63, 3.8) is 0 Å². The van der Waals surface area contributed by atoms with E-state index in [1.54, 1.807) is 12.1 Å². The Balaban J connectivity index is 1.59. The predicted octanol–water partition coefficient (Wildman–Crippen LogP) is 2.53. The number of nitrogens with one attached hydrogen (secondary N) is 1. The highest BCUT2D eigenvalue weighted by Gasteiger charge is 2.16. The number of amidine groups is 1. The van der Waals surface area contributed by atoms with Gasteiger partial charge in [-0.25, -0.2) is 4.99 Å².